The highest BCUT2D eigenvalue weighted by atomic mass is 32.3. The number of thiazole rings is 1. The number of aromatic amines is 1. The van der Waals surface area contributed by atoms with E-state index in [1.165, 1.54) is 0 Å². The summed E-state index contributed by atoms with van der Waals surface area (Å²) in [6, 6.07) is 8.10. The Kier molecular flexibility index (Phi) is 8.52. The fourth-order valence-corrected chi connectivity index (χ4v) is 4.73. The maximum Gasteiger partial charge on any atom is 0.362 e. The van der Waals surface area contributed by atoms with Gasteiger partial charge in [-0.15, -0.1) is 0 Å². The second-order valence-corrected chi connectivity index (χ2v) is 10.2. The predicted molar refractivity (Wildman–Crippen MR) is 124 cm³/mol. The molecule has 0 spiro atoms. The van der Waals surface area contributed by atoms with E-state index < -0.39 is 21.6 Å². The number of benzene rings is 1. The number of carbonyl (C=O) groups excluding carboxylic acids is 1. The van der Waals surface area contributed by atoms with Crippen molar-refractivity contribution in [3.05, 3.63) is 59.1 Å². The van der Waals surface area contributed by atoms with Gasteiger partial charge in [0.2, 0.25) is 5.13 Å². The molecule has 0 saturated carbocycles. The number of halogens is 1. The minimum atomic E-state index is -2.75. The zero-order valence-electron chi connectivity index (χ0n) is 18.1. The van der Waals surface area contributed by atoms with Crippen molar-refractivity contribution >= 4 is 38.7 Å². The summed E-state index contributed by atoms with van der Waals surface area (Å²) in [5.41, 5.74) is 0.980. The first-order chi connectivity index (χ1) is 15.8. The molecule has 1 unspecified atom stereocenters. The van der Waals surface area contributed by atoms with Crippen LogP contribution in [0.15, 0.2) is 52.8 Å². The summed E-state index contributed by atoms with van der Waals surface area (Å²) in [6.45, 7) is 0.503. The van der Waals surface area contributed by atoms with Gasteiger partial charge in [0.25, 0.3) is 0 Å². The minimum absolute atomic E-state index is 0.0472. The van der Waals surface area contributed by atoms with Gasteiger partial charge in [-0.25, -0.2) is 9.78 Å². The molecule has 0 aliphatic carbocycles. The molecule has 0 bridgehead atoms. The van der Waals surface area contributed by atoms with Gasteiger partial charge in [0.1, 0.15) is 16.8 Å². The summed E-state index contributed by atoms with van der Waals surface area (Å²) >= 11 is 0.740. The van der Waals surface area contributed by atoms with E-state index in [0.717, 1.165) is 17.5 Å². The summed E-state index contributed by atoms with van der Waals surface area (Å²) in [7, 11) is 0.590. The summed E-state index contributed by atoms with van der Waals surface area (Å²) in [5.74, 6) is -0.343. The van der Waals surface area contributed by atoms with Crippen LogP contribution in [-0.4, -0.2) is 50.0 Å². The molecular weight excluding hydrogens is 473 g/mol. The number of carbonyl (C=O) groups is 1. The first kappa shape index (κ1) is 24.8. The summed E-state index contributed by atoms with van der Waals surface area (Å²) in [6.07, 6.45) is 3.44. The van der Waals surface area contributed by atoms with Gasteiger partial charge in [-0.1, -0.05) is 27.9 Å². The predicted octanol–water partition coefficient (Wildman–Crippen LogP) is 2.31. The molecule has 1 aromatic carbocycles. The van der Waals surface area contributed by atoms with Gasteiger partial charge in [0.05, 0.1) is 5.75 Å². The number of anilines is 1. The lowest BCUT2D eigenvalue weighted by Gasteiger charge is -2.27. The maximum atomic E-state index is 13.3. The molecule has 0 radical (unpaired) electrons. The van der Waals surface area contributed by atoms with Crippen LogP contribution in [0.5, 0.6) is 0 Å². The monoisotopic (exact) mass is 499 g/mol. The molecule has 5 N–H and O–H groups in total. The van der Waals surface area contributed by atoms with Crippen LogP contribution in [0, 0.1) is 5.13 Å². The fourth-order valence-electron chi connectivity index (χ4n) is 2.80. The summed E-state index contributed by atoms with van der Waals surface area (Å²) in [4.78, 5) is 21.3. The SMILES string of the molecule is COCCCS(O)([OH2+])c1ccc(/C(=N\OCc2ccn(C)n2)C(=O)Nc2[nH+]cc(F)s2)cc1. The molecule has 13 heteroatoms. The molecule has 33 heavy (non-hydrogen) atoms. The third-order valence-corrected chi connectivity index (χ3v) is 7.07. The second-order valence-electron chi connectivity index (χ2n) is 6.95. The van der Waals surface area contributed by atoms with Crippen molar-refractivity contribution in [2.24, 2.45) is 12.2 Å². The summed E-state index contributed by atoms with van der Waals surface area (Å²) < 4.78 is 38.7. The fraction of sp³-hybridized carbons (Fsp3) is 0.300. The Morgan fingerprint density at radius 2 is 2.15 bits per heavy atom. The molecular formula is C20H26FN5O5S2+2. The number of aromatic nitrogens is 3. The highest BCUT2D eigenvalue weighted by molar-refractivity contribution is 8.24. The summed E-state index contributed by atoms with van der Waals surface area (Å²) in [5, 5.41) is 10.4. The van der Waals surface area contributed by atoms with Crippen LogP contribution < -0.4 is 10.3 Å². The van der Waals surface area contributed by atoms with Crippen molar-refractivity contribution in [2.75, 3.05) is 24.8 Å². The standard InChI is InChI=1S/C20H24FN5O5S2/c1-26-9-8-15(24-26)13-31-25-18(19(27)23-20-22-12-17(21)32-20)14-4-6-16(7-5-14)33(28,29)11-3-10-30-2/h4-9,12,28-29H,3,10-11,13H2,1-2H3,(H,22,23,27)/p+2/b25-18+. The van der Waals surface area contributed by atoms with Gasteiger partial charge >= 0.3 is 11.0 Å². The van der Waals surface area contributed by atoms with Crippen molar-refractivity contribution in [1.82, 2.24) is 9.78 Å². The highest BCUT2D eigenvalue weighted by Crippen LogP contribution is 2.48. The molecule has 0 fully saturated rings. The largest absolute Gasteiger partial charge is 0.388 e. The number of rotatable bonds is 11. The first-order valence-corrected chi connectivity index (χ1v) is 12.4. The van der Waals surface area contributed by atoms with Crippen molar-refractivity contribution < 1.29 is 32.8 Å². The number of aryl methyl sites for hydroxylation is 1. The van der Waals surface area contributed by atoms with E-state index in [0.29, 0.717) is 29.2 Å². The number of hydrogen-bond donors (Lipinski definition) is 2. The van der Waals surface area contributed by atoms with Crippen LogP contribution in [-0.2, 0) is 28.0 Å². The molecule has 2 heterocycles. The van der Waals surface area contributed by atoms with Crippen molar-refractivity contribution in [3.8, 4) is 0 Å². The van der Waals surface area contributed by atoms with Gasteiger partial charge < -0.3 is 14.1 Å². The van der Waals surface area contributed by atoms with E-state index >= 15 is 0 Å². The first-order valence-electron chi connectivity index (χ1n) is 9.83. The van der Waals surface area contributed by atoms with E-state index in [-0.39, 0.29) is 23.2 Å². The maximum absolute atomic E-state index is 13.3. The molecule has 3 rings (SSSR count). The lowest BCUT2D eigenvalue weighted by Crippen LogP contribution is -2.26. The van der Waals surface area contributed by atoms with E-state index in [1.807, 2.05) is 0 Å². The molecule has 178 valence electrons. The zero-order valence-corrected chi connectivity index (χ0v) is 19.7. The van der Waals surface area contributed by atoms with Gasteiger partial charge in [0.15, 0.2) is 12.3 Å². The number of hydrogen-bond acceptors (Lipinski definition) is 7. The molecule has 10 nitrogen and oxygen atoms in total. The normalized spacial score (nSPS) is 14.5. The Morgan fingerprint density at radius 3 is 2.76 bits per heavy atom. The lowest BCUT2D eigenvalue weighted by molar-refractivity contribution is -0.356. The second kappa shape index (κ2) is 11.3. The quantitative estimate of drug-likeness (QED) is 0.181. The Bertz CT molecular complexity index is 1100. The van der Waals surface area contributed by atoms with Crippen LogP contribution >= 0.6 is 21.9 Å². The van der Waals surface area contributed by atoms with Crippen molar-refractivity contribution in [2.45, 2.75) is 17.9 Å². The topological polar surface area (TPSA) is 135 Å². The number of nitrogens with one attached hydrogen (secondary N) is 2. The van der Waals surface area contributed by atoms with E-state index in [1.54, 1.807) is 55.4 Å². The van der Waals surface area contributed by atoms with Crippen molar-refractivity contribution in [1.29, 1.82) is 0 Å². The molecule has 0 aliphatic heterocycles. The number of oxime groups is 1. The molecule has 1 amide bonds. The van der Waals surface area contributed by atoms with Crippen LogP contribution in [0.3, 0.4) is 0 Å². The Hall–Kier alpha value is -2.84. The van der Waals surface area contributed by atoms with E-state index in [4.69, 9.17) is 14.1 Å². The molecule has 1 atom stereocenters. The number of methoxy groups -OCH3 is 1. The molecule has 0 aliphatic rings. The smallest absolute Gasteiger partial charge is 0.362 e. The van der Waals surface area contributed by atoms with Gasteiger partial charge in [-0.2, -0.15) is 14.8 Å². The average Bonchev–Trinajstić information content (AvgIpc) is 3.38. The van der Waals surface area contributed by atoms with Gasteiger partial charge in [-0.3, -0.25) is 9.23 Å². The van der Waals surface area contributed by atoms with Crippen molar-refractivity contribution in [3.63, 3.8) is 0 Å². The van der Waals surface area contributed by atoms with E-state index in [2.05, 4.69) is 20.6 Å². The minimum Gasteiger partial charge on any atom is -0.388 e. The van der Waals surface area contributed by atoms with Gasteiger partial charge in [0, 0.05) is 32.5 Å². The highest BCUT2D eigenvalue weighted by Gasteiger charge is 2.24. The number of nitrogens with zero attached hydrogens (tertiary/aromatic N) is 3. The third kappa shape index (κ3) is 7.07. The molecule has 3 aromatic rings. The Labute approximate surface area is 195 Å². The number of amides is 1. The lowest BCUT2D eigenvalue weighted by atomic mass is 10.1. The average molecular weight is 500 g/mol. The molecule has 2 aromatic heterocycles. The van der Waals surface area contributed by atoms with Crippen LogP contribution in [0.2, 0.25) is 0 Å². The van der Waals surface area contributed by atoms with Crippen LogP contribution in [0.4, 0.5) is 9.52 Å². The van der Waals surface area contributed by atoms with Crippen LogP contribution in [0.1, 0.15) is 17.7 Å². The molecule has 0 saturated heterocycles. The number of H-pyrrole nitrogens is 1. The number of ether oxygens (including phenoxy) is 1. The Morgan fingerprint density at radius 1 is 1.39 bits per heavy atom. The van der Waals surface area contributed by atoms with Crippen LogP contribution in [0.25, 0.3) is 0 Å². The van der Waals surface area contributed by atoms with E-state index in [9.17, 15) is 13.7 Å². The van der Waals surface area contributed by atoms with Gasteiger partial charge in [-0.05, 0) is 36.0 Å². The third-order valence-electron chi connectivity index (χ3n) is 4.40. The Balaban J connectivity index is 1.79. The zero-order chi connectivity index (χ0) is 23.8.